The van der Waals surface area contributed by atoms with Gasteiger partial charge in [0.1, 0.15) is 0 Å². The number of nitrogens with one attached hydrogen (secondary N) is 2. The maximum absolute atomic E-state index is 11.8. The Bertz CT molecular complexity index is 640. The van der Waals surface area contributed by atoms with Crippen molar-refractivity contribution < 1.29 is 4.79 Å². The Morgan fingerprint density at radius 3 is 3.05 bits per heavy atom. The molecule has 0 spiro atoms. The molecule has 1 aromatic heterocycles. The van der Waals surface area contributed by atoms with Crippen LogP contribution in [0.2, 0.25) is 5.02 Å². The molecule has 5 nitrogen and oxygen atoms in total. The van der Waals surface area contributed by atoms with Gasteiger partial charge in [-0.25, -0.2) is 0 Å². The summed E-state index contributed by atoms with van der Waals surface area (Å²) < 4.78 is 0. The topological polar surface area (TPSA) is 83.8 Å². The van der Waals surface area contributed by atoms with Gasteiger partial charge >= 0.3 is 0 Å². The quantitative estimate of drug-likeness (QED) is 0.728. The van der Waals surface area contributed by atoms with E-state index >= 15 is 0 Å². The van der Waals surface area contributed by atoms with Crippen LogP contribution in [0.25, 0.3) is 0 Å². The van der Waals surface area contributed by atoms with Crippen LogP contribution in [0.5, 0.6) is 0 Å². The molecule has 0 atom stereocenters. The highest BCUT2D eigenvalue weighted by atomic mass is 35.5. The molecule has 2 aromatic rings. The van der Waals surface area contributed by atoms with Gasteiger partial charge in [-0.2, -0.15) is 5.10 Å². The second-order valence-electron chi connectivity index (χ2n) is 3.64. The summed E-state index contributed by atoms with van der Waals surface area (Å²) >= 11 is 6.00. The van der Waals surface area contributed by atoms with Gasteiger partial charge in [-0.15, -0.1) is 0 Å². The normalized spacial score (nSPS) is 9.58. The van der Waals surface area contributed by atoms with Crippen LogP contribution in [0, 0.1) is 11.8 Å². The van der Waals surface area contributed by atoms with Crippen molar-refractivity contribution in [3.63, 3.8) is 0 Å². The minimum atomic E-state index is -0.256. The molecule has 1 heterocycles. The molecule has 0 saturated heterocycles. The van der Waals surface area contributed by atoms with E-state index < -0.39 is 0 Å². The van der Waals surface area contributed by atoms with Crippen LogP contribution < -0.4 is 11.1 Å². The van der Waals surface area contributed by atoms with E-state index in [1.807, 2.05) is 0 Å². The Hall–Kier alpha value is -2.29. The Balaban J connectivity index is 2.19. The number of aromatic nitrogens is 2. The second kappa shape index (κ2) is 6.05. The summed E-state index contributed by atoms with van der Waals surface area (Å²) in [6, 6.07) is 5.07. The second-order valence-corrected chi connectivity index (χ2v) is 4.05. The monoisotopic (exact) mass is 274 g/mol. The summed E-state index contributed by atoms with van der Waals surface area (Å²) in [4.78, 5) is 11.8. The maximum Gasteiger partial charge on any atom is 0.258 e. The van der Waals surface area contributed by atoms with Crippen molar-refractivity contribution in [3.05, 3.63) is 46.7 Å². The SMILES string of the molecule is NCC#Cc1cc(NC(=O)c2cn[nH]c2)ccc1Cl. The number of carbonyl (C=O) groups excluding carboxylic acids is 1. The number of hydrogen-bond donors (Lipinski definition) is 3. The summed E-state index contributed by atoms with van der Waals surface area (Å²) in [5.74, 6) is 5.31. The van der Waals surface area contributed by atoms with Crippen LogP contribution in [-0.2, 0) is 0 Å². The molecule has 6 heteroatoms. The number of nitrogens with two attached hydrogens (primary N) is 1. The molecule has 1 aromatic carbocycles. The third kappa shape index (κ3) is 3.35. The summed E-state index contributed by atoms with van der Waals surface area (Å²) in [7, 11) is 0. The van der Waals surface area contributed by atoms with Gasteiger partial charge in [-0.05, 0) is 18.2 Å². The summed E-state index contributed by atoms with van der Waals surface area (Å²) in [6.45, 7) is 0.252. The average molecular weight is 275 g/mol. The van der Waals surface area contributed by atoms with E-state index in [2.05, 4.69) is 27.4 Å². The zero-order valence-corrected chi connectivity index (χ0v) is 10.7. The van der Waals surface area contributed by atoms with E-state index in [0.29, 0.717) is 21.8 Å². The Kier molecular flexibility index (Phi) is 4.18. The lowest BCUT2D eigenvalue weighted by atomic mass is 10.2. The van der Waals surface area contributed by atoms with Crippen molar-refractivity contribution in [3.8, 4) is 11.8 Å². The lowest BCUT2D eigenvalue weighted by Crippen LogP contribution is -2.11. The molecule has 0 aliphatic carbocycles. The first kappa shape index (κ1) is 13.1. The Labute approximate surface area is 115 Å². The minimum Gasteiger partial charge on any atom is -0.322 e. The number of hydrogen-bond acceptors (Lipinski definition) is 3. The number of anilines is 1. The Morgan fingerprint density at radius 1 is 1.53 bits per heavy atom. The number of amides is 1. The summed E-state index contributed by atoms with van der Waals surface area (Å²) in [6.07, 6.45) is 2.96. The number of rotatable bonds is 2. The fourth-order valence-corrected chi connectivity index (χ4v) is 1.59. The van der Waals surface area contributed by atoms with E-state index in [1.165, 1.54) is 12.4 Å². The van der Waals surface area contributed by atoms with Gasteiger partial charge < -0.3 is 11.1 Å². The fraction of sp³-hybridized carbons (Fsp3) is 0.0769. The van der Waals surface area contributed by atoms with Crippen LogP contribution in [0.15, 0.2) is 30.6 Å². The molecular formula is C13H11ClN4O. The molecule has 0 unspecified atom stereocenters. The van der Waals surface area contributed by atoms with Crippen molar-refractivity contribution in [1.29, 1.82) is 0 Å². The molecule has 0 aliphatic rings. The van der Waals surface area contributed by atoms with Gasteiger partial charge in [-0.3, -0.25) is 9.89 Å². The molecule has 1 amide bonds. The van der Waals surface area contributed by atoms with Crippen molar-refractivity contribution >= 4 is 23.2 Å². The molecule has 96 valence electrons. The number of nitrogens with zero attached hydrogens (tertiary/aromatic N) is 1. The van der Waals surface area contributed by atoms with Crippen LogP contribution in [0.4, 0.5) is 5.69 Å². The first-order valence-electron chi connectivity index (χ1n) is 5.49. The lowest BCUT2D eigenvalue weighted by molar-refractivity contribution is 0.102. The van der Waals surface area contributed by atoms with Crippen LogP contribution >= 0.6 is 11.6 Å². The highest BCUT2D eigenvalue weighted by molar-refractivity contribution is 6.31. The molecule has 0 bridgehead atoms. The average Bonchev–Trinajstić information content (AvgIpc) is 2.93. The van der Waals surface area contributed by atoms with E-state index in [4.69, 9.17) is 17.3 Å². The minimum absolute atomic E-state index is 0.252. The fourth-order valence-electron chi connectivity index (χ4n) is 1.42. The van der Waals surface area contributed by atoms with E-state index in [-0.39, 0.29) is 12.5 Å². The predicted molar refractivity (Wildman–Crippen MR) is 73.9 cm³/mol. The third-order valence-corrected chi connectivity index (χ3v) is 2.64. The number of aromatic amines is 1. The highest BCUT2D eigenvalue weighted by Crippen LogP contribution is 2.20. The van der Waals surface area contributed by atoms with Crippen molar-refractivity contribution in [2.24, 2.45) is 5.73 Å². The number of H-pyrrole nitrogens is 1. The standard InChI is InChI=1S/C13H11ClN4O/c14-12-4-3-11(6-9(12)2-1-5-15)18-13(19)10-7-16-17-8-10/h3-4,6-8H,5,15H2,(H,16,17)(H,18,19). The zero-order chi connectivity index (χ0) is 13.7. The molecular weight excluding hydrogens is 264 g/mol. The Morgan fingerprint density at radius 2 is 2.37 bits per heavy atom. The van der Waals surface area contributed by atoms with Gasteiger partial charge in [0, 0.05) is 17.4 Å². The molecule has 4 N–H and O–H groups in total. The maximum atomic E-state index is 11.8. The lowest BCUT2D eigenvalue weighted by Gasteiger charge is -2.05. The molecule has 0 fully saturated rings. The van der Waals surface area contributed by atoms with Gasteiger partial charge in [0.05, 0.1) is 23.3 Å². The first-order valence-corrected chi connectivity index (χ1v) is 5.87. The van der Waals surface area contributed by atoms with Gasteiger partial charge in [0.25, 0.3) is 5.91 Å². The van der Waals surface area contributed by atoms with Crippen molar-refractivity contribution in [1.82, 2.24) is 10.2 Å². The third-order valence-electron chi connectivity index (χ3n) is 2.31. The van der Waals surface area contributed by atoms with Crippen molar-refractivity contribution in [2.45, 2.75) is 0 Å². The number of carbonyl (C=O) groups is 1. The highest BCUT2D eigenvalue weighted by Gasteiger charge is 2.08. The van der Waals surface area contributed by atoms with Crippen LogP contribution in [0.3, 0.4) is 0 Å². The predicted octanol–water partition coefficient (Wildman–Crippen LogP) is 1.63. The largest absolute Gasteiger partial charge is 0.322 e. The summed E-state index contributed by atoms with van der Waals surface area (Å²) in [5, 5.41) is 9.54. The van der Waals surface area contributed by atoms with Crippen LogP contribution in [0.1, 0.15) is 15.9 Å². The van der Waals surface area contributed by atoms with E-state index in [0.717, 1.165) is 0 Å². The molecule has 0 saturated carbocycles. The van der Waals surface area contributed by atoms with Gasteiger partial charge in [-0.1, -0.05) is 23.4 Å². The van der Waals surface area contributed by atoms with Gasteiger partial charge in [0.2, 0.25) is 0 Å². The van der Waals surface area contributed by atoms with E-state index in [1.54, 1.807) is 18.2 Å². The molecule has 2 rings (SSSR count). The summed E-state index contributed by atoms with van der Waals surface area (Å²) in [5.41, 5.74) is 6.99. The molecule has 0 aliphatic heterocycles. The molecule has 19 heavy (non-hydrogen) atoms. The number of benzene rings is 1. The van der Waals surface area contributed by atoms with Crippen LogP contribution in [-0.4, -0.2) is 22.6 Å². The molecule has 0 radical (unpaired) electrons. The number of halogens is 1. The van der Waals surface area contributed by atoms with Crippen molar-refractivity contribution in [2.75, 3.05) is 11.9 Å². The smallest absolute Gasteiger partial charge is 0.258 e. The van der Waals surface area contributed by atoms with Gasteiger partial charge in [0.15, 0.2) is 0 Å². The first-order chi connectivity index (χ1) is 9.20. The van der Waals surface area contributed by atoms with E-state index in [9.17, 15) is 4.79 Å². The zero-order valence-electron chi connectivity index (χ0n) is 9.90.